The number of hydrogen-bond donors (Lipinski definition) is 4. The normalized spacial score (nSPS) is 26.1. The predicted octanol–water partition coefficient (Wildman–Crippen LogP) is -0.722. The molecule has 158 valence electrons. The van der Waals surface area contributed by atoms with Gasteiger partial charge in [-0.15, -0.1) is 0 Å². The lowest BCUT2D eigenvalue weighted by molar-refractivity contribution is -0.192. The number of hydrogen-bond acceptors (Lipinski definition) is 7. The molecule has 3 atom stereocenters. The molecular weight excluding hydrogens is 415 g/mol. The molecule has 15 heteroatoms. The van der Waals surface area contributed by atoms with Crippen LogP contribution in [0.1, 0.15) is 6.42 Å². The quantitative estimate of drug-likeness (QED) is 0.332. The summed E-state index contributed by atoms with van der Waals surface area (Å²) in [5.74, 6) is -3.13. The number of sulfonamides is 1. The first-order chi connectivity index (χ1) is 12.7. The second-order valence-electron chi connectivity index (χ2n) is 6.12. The maximum Gasteiger partial charge on any atom is 0.512 e. The standard InChI is InChI=1S/C11H15N3O6S.C2HF3O2/c1-21(18,19)13-4-6-5-2-3-12-7-8(5)14(9(7)15)10(6)20-11(16)17;3-2(4,5)1(6)7/h5,7-8,12-13H,2-4H2,1H3,(H,16,17);(H,6,7)/t5?,7-,8+;/m0./s1. The van der Waals surface area contributed by atoms with E-state index in [1.807, 2.05) is 0 Å². The number of nitrogens with one attached hydrogen (secondary N) is 2. The van der Waals surface area contributed by atoms with E-state index in [9.17, 15) is 31.2 Å². The number of nitrogens with zero attached hydrogens (tertiary/aromatic N) is 1. The molecule has 0 spiro atoms. The van der Waals surface area contributed by atoms with Crippen LogP contribution in [0.25, 0.3) is 0 Å². The molecule has 1 amide bonds. The monoisotopic (exact) mass is 431 g/mol. The Morgan fingerprint density at radius 3 is 2.39 bits per heavy atom. The van der Waals surface area contributed by atoms with Gasteiger partial charge >= 0.3 is 18.3 Å². The summed E-state index contributed by atoms with van der Waals surface area (Å²) < 4.78 is 61.3. The number of aliphatic carboxylic acids is 1. The Morgan fingerprint density at radius 2 is 1.93 bits per heavy atom. The molecule has 0 aromatic heterocycles. The number of carbonyl (C=O) groups excluding carboxylic acids is 1. The van der Waals surface area contributed by atoms with Gasteiger partial charge in [-0.3, -0.25) is 9.69 Å². The van der Waals surface area contributed by atoms with Crippen LogP contribution in [-0.2, 0) is 24.3 Å². The van der Waals surface area contributed by atoms with Crippen molar-refractivity contribution in [1.82, 2.24) is 14.9 Å². The van der Waals surface area contributed by atoms with Crippen molar-refractivity contribution in [2.75, 3.05) is 19.3 Å². The van der Waals surface area contributed by atoms with Crippen LogP contribution in [0.5, 0.6) is 0 Å². The molecule has 11 nitrogen and oxygen atoms in total. The minimum atomic E-state index is -5.08. The Labute approximate surface area is 156 Å². The number of carboxylic acid groups (broad SMARTS) is 2. The minimum absolute atomic E-state index is 0.0430. The summed E-state index contributed by atoms with van der Waals surface area (Å²) in [6.07, 6.45) is -4.89. The number of amides is 1. The number of ether oxygens (including phenoxy) is 1. The second-order valence-corrected chi connectivity index (χ2v) is 7.95. The first-order valence-electron chi connectivity index (χ1n) is 7.69. The molecule has 0 bridgehead atoms. The number of carbonyl (C=O) groups is 3. The van der Waals surface area contributed by atoms with Crippen LogP contribution in [0.3, 0.4) is 0 Å². The van der Waals surface area contributed by atoms with E-state index in [0.29, 0.717) is 18.5 Å². The molecule has 28 heavy (non-hydrogen) atoms. The highest BCUT2D eigenvalue weighted by atomic mass is 32.2. The van der Waals surface area contributed by atoms with Crippen molar-refractivity contribution in [3.05, 3.63) is 11.5 Å². The molecule has 0 aromatic rings. The average Bonchev–Trinajstić information content (AvgIpc) is 2.82. The molecule has 0 saturated carbocycles. The van der Waals surface area contributed by atoms with E-state index in [1.165, 1.54) is 4.90 Å². The molecular formula is C13H16F3N3O8S. The van der Waals surface area contributed by atoms with Gasteiger partial charge in [0.2, 0.25) is 21.8 Å². The van der Waals surface area contributed by atoms with Gasteiger partial charge in [-0.05, 0) is 13.0 Å². The highest BCUT2D eigenvalue weighted by Crippen LogP contribution is 2.46. The van der Waals surface area contributed by atoms with Gasteiger partial charge < -0.3 is 20.3 Å². The maximum absolute atomic E-state index is 12.0. The first kappa shape index (κ1) is 21.9. The van der Waals surface area contributed by atoms with Crippen LogP contribution in [0.15, 0.2) is 11.5 Å². The Morgan fingerprint density at radius 1 is 1.36 bits per heavy atom. The molecule has 3 rings (SSSR count). The Kier molecular flexibility index (Phi) is 5.91. The number of halogens is 3. The Bertz CT molecular complexity index is 825. The zero-order valence-electron chi connectivity index (χ0n) is 14.2. The maximum atomic E-state index is 12.0. The van der Waals surface area contributed by atoms with Gasteiger partial charge in [0.1, 0.15) is 6.04 Å². The van der Waals surface area contributed by atoms with Crippen LogP contribution in [0, 0.1) is 5.92 Å². The summed E-state index contributed by atoms with van der Waals surface area (Å²) >= 11 is 0. The first-order valence-corrected chi connectivity index (χ1v) is 9.58. The van der Waals surface area contributed by atoms with Crippen LogP contribution < -0.4 is 10.0 Å². The summed E-state index contributed by atoms with van der Waals surface area (Å²) in [6, 6.07) is -0.524. The van der Waals surface area contributed by atoms with Crippen LogP contribution in [0.2, 0.25) is 0 Å². The van der Waals surface area contributed by atoms with Gasteiger partial charge in [-0.1, -0.05) is 0 Å². The van der Waals surface area contributed by atoms with Crippen molar-refractivity contribution in [2.45, 2.75) is 24.7 Å². The van der Waals surface area contributed by atoms with E-state index in [1.54, 1.807) is 0 Å². The second kappa shape index (κ2) is 7.56. The lowest BCUT2D eigenvalue weighted by atomic mass is 9.79. The number of alkyl halides is 3. The van der Waals surface area contributed by atoms with E-state index in [-0.39, 0.29) is 36.3 Å². The third-order valence-electron chi connectivity index (χ3n) is 4.27. The molecule has 2 fully saturated rings. The van der Waals surface area contributed by atoms with Crippen LogP contribution in [0.4, 0.5) is 18.0 Å². The number of carboxylic acids is 1. The number of β-lactam (4-membered cyclic amide) rings is 1. The highest BCUT2D eigenvalue weighted by Gasteiger charge is 2.60. The fraction of sp³-hybridized carbons (Fsp3) is 0.615. The molecule has 0 radical (unpaired) electrons. The molecule has 3 heterocycles. The summed E-state index contributed by atoms with van der Waals surface area (Å²) in [7, 11) is -3.42. The molecule has 0 aliphatic carbocycles. The molecule has 1 unspecified atom stereocenters. The van der Waals surface area contributed by atoms with Gasteiger partial charge in [0, 0.05) is 18.0 Å². The van der Waals surface area contributed by atoms with Gasteiger partial charge in [-0.2, -0.15) is 13.2 Å². The SMILES string of the molecule is CS(=O)(=O)NCC1=C(OC(=O)O)N2C(=O)[C@H]3NCCC1[C@H]32.O=C(O)C(F)(F)F. The Hall–Kier alpha value is -2.39. The van der Waals surface area contributed by atoms with E-state index in [4.69, 9.17) is 19.7 Å². The van der Waals surface area contributed by atoms with E-state index in [0.717, 1.165) is 6.26 Å². The van der Waals surface area contributed by atoms with Crippen molar-refractivity contribution >= 4 is 28.1 Å². The van der Waals surface area contributed by atoms with Crippen molar-refractivity contribution in [3.63, 3.8) is 0 Å². The van der Waals surface area contributed by atoms with Crippen LogP contribution in [-0.4, -0.2) is 79.2 Å². The van der Waals surface area contributed by atoms with Crippen molar-refractivity contribution in [3.8, 4) is 0 Å². The van der Waals surface area contributed by atoms with Gasteiger partial charge in [-0.25, -0.2) is 22.7 Å². The summed E-state index contributed by atoms with van der Waals surface area (Å²) in [5.41, 5.74) is 0.519. The van der Waals surface area contributed by atoms with Gasteiger partial charge in [0.15, 0.2) is 0 Å². The van der Waals surface area contributed by atoms with E-state index < -0.39 is 28.3 Å². The van der Waals surface area contributed by atoms with Crippen molar-refractivity contribution in [2.24, 2.45) is 5.92 Å². The number of piperidine rings is 1. The lowest BCUT2D eigenvalue weighted by Gasteiger charge is -2.48. The summed E-state index contributed by atoms with van der Waals surface area (Å²) in [6.45, 7) is 0.563. The third-order valence-corrected chi connectivity index (χ3v) is 4.94. The van der Waals surface area contributed by atoms with Crippen molar-refractivity contribution in [1.29, 1.82) is 0 Å². The lowest BCUT2D eigenvalue weighted by Crippen LogP contribution is -2.71. The Balaban J connectivity index is 0.000000345. The molecule has 2 saturated heterocycles. The summed E-state index contributed by atoms with van der Waals surface area (Å²) in [4.78, 5) is 33.0. The highest BCUT2D eigenvalue weighted by molar-refractivity contribution is 7.88. The van der Waals surface area contributed by atoms with Gasteiger partial charge in [0.05, 0.1) is 12.3 Å². The molecule has 4 N–H and O–H groups in total. The zero-order chi connectivity index (χ0) is 21.4. The smallest absolute Gasteiger partial charge is 0.475 e. The predicted molar refractivity (Wildman–Crippen MR) is 83.2 cm³/mol. The summed E-state index contributed by atoms with van der Waals surface area (Å²) in [5, 5.41) is 19.0. The molecule has 3 aliphatic rings. The van der Waals surface area contributed by atoms with E-state index >= 15 is 0 Å². The van der Waals surface area contributed by atoms with Crippen LogP contribution >= 0.6 is 0 Å². The van der Waals surface area contributed by atoms with E-state index in [2.05, 4.69) is 10.0 Å². The third kappa shape index (κ3) is 4.53. The number of rotatable bonds is 4. The topological polar surface area (TPSA) is 162 Å². The zero-order valence-corrected chi connectivity index (χ0v) is 15.0. The largest absolute Gasteiger partial charge is 0.512 e. The minimum Gasteiger partial charge on any atom is -0.475 e. The fourth-order valence-corrected chi connectivity index (χ4v) is 3.66. The molecule has 3 aliphatic heterocycles. The molecule has 0 aromatic carbocycles. The van der Waals surface area contributed by atoms with Gasteiger partial charge in [0.25, 0.3) is 0 Å². The average molecular weight is 431 g/mol. The van der Waals surface area contributed by atoms with Crippen molar-refractivity contribution < 1.29 is 50.9 Å². The fourth-order valence-electron chi connectivity index (χ4n) is 3.24.